The van der Waals surface area contributed by atoms with E-state index in [1.54, 1.807) is 23.1 Å². The van der Waals surface area contributed by atoms with Gasteiger partial charge in [0.2, 0.25) is 5.91 Å². The molecule has 84 valence electrons. The normalized spacial score (nSPS) is 14.4. The molecule has 0 aromatic heterocycles. The minimum absolute atomic E-state index is 0.0384. The van der Waals surface area contributed by atoms with Gasteiger partial charge in [-0.05, 0) is 30.5 Å². The maximum atomic E-state index is 11.4. The molecule has 4 heteroatoms. The Morgan fingerprint density at radius 3 is 2.75 bits per heavy atom. The Morgan fingerprint density at radius 2 is 2.12 bits per heavy atom. The van der Waals surface area contributed by atoms with Crippen molar-refractivity contribution < 1.29 is 14.7 Å². The van der Waals surface area contributed by atoms with Crippen molar-refractivity contribution >= 4 is 17.6 Å². The highest BCUT2D eigenvalue weighted by atomic mass is 16.4. The van der Waals surface area contributed by atoms with Crippen molar-refractivity contribution in [3.8, 4) is 0 Å². The third kappa shape index (κ3) is 1.78. The number of anilines is 1. The summed E-state index contributed by atoms with van der Waals surface area (Å²) < 4.78 is 0. The summed E-state index contributed by atoms with van der Waals surface area (Å²) in [5.74, 6) is -1.000. The summed E-state index contributed by atoms with van der Waals surface area (Å²) in [5, 5.41) is 8.91. The van der Waals surface area contributed by atoms with Gasteiger partial charge in [0.1, 0.15) is 0 Å². The molecule has 1 heterocycles. The number of hydrogen-bond acceptors (Lipinski definition) is 2. The molecule has 0 radical (unpaired) electrons. The van der Waals surface area contributed by atoms with Crippen LogP contribution in [0.2, 0.25) is 0 Å². The van der Waals surface area contributed by atoms with Crippen molar-refractivity contribution in [2.45, 2.75) is 19.8 Å². The van der Waals surface area contributed by atoms with Crippen molar-refractivity contribution in [2.24, 2.45) is 0 Å². The van der Waals surface area contributed by atoms with Crippen molar-refractivity contribution in [3.63, 3.8) is 0 Å². The zero-order valence-electron chi connectivity index (χ0n) is 9.06. The fraction of sp³-hybridized carbons (Fsp3) is 0.333. The highest BCUT2D eigenvalue weighted by Gasteiger charge is 2.21. The number of fused-ring (bicyclic) bond motifs is 1. The van der Waals surface area contributed by atoms with E-state index in [1.165, 1.54) is 6.92 Å². The molecule has 0 aliphatic carbocycles. The van der Waals surface area contributed by atoms with Crippen molar-refractivity contribution in [2.75, 3.05) is 11.4 Å². The van der Waals surface area contributed by atoms with Gasteiger partial charge in [-0.3, -0.25) is 4.79 Å². The van der Waals surface area contributed by atoms with Gasteiger partial charge in [-0.2, -0.15) is 0 Å². The van der Waals surface area contributed by atoms with Crippen LogP contribution >= 0.6 is 0 Å². The van der Waals surface area contributed by atoms with Crippen molar-refractivity contribution in [3.05, 3.63) is 29.3 Å². The minimum Gasteiger partial charge on any atom is -0.478 e. The zero-order valence-corrected chi connectivity index (χ0v) is 9.06. The number of nitrogens with zero attached hydrogens (tertiary/aromatic N) is 1. The third-order valence-electron chi connectivity index (χ3n) is 2.83. The molecule has 0 saturated heterocycles. The van der Waals surface area contributed by atoms with E-state index in [0.29, 0.717) is 6.54 Å². The molecule has 0 spiro atoms. The lowest BCUT2D eigenvalue weighted by Crippen LogP contribution is -2.33. The average Bonchev–Trinajstić information content (AvgIpc) is 2.27. The number of aryl methyl sites for hydroxylation is 1. The van der Waals surface area contributed by atoms with Crippen LogP contribution in [0.4, 0.5) is 5.69 Å². The number of carbonyl (C=O) groups excluding carboxylic acids is 1. The molecule has 4 nitrogen and oxygen atoms in total. The van der Waals surface area contributed by atoms with Crippen LogP contribution in [-0.2, 0) is 11.2 Å². The molecule has 1 aromatic carbocycles. The Hall–Kier alpha value is -1.84. The number of rotatable bonds is 1. The first-order valence-corrected chi connectivity index (χ1v) is 5.24. The van der Waals surface area contributed by atoms with Crippen LogP contribution in [0.5, 0.6) is 0 Å². The highest BCUT2D eigenvalue weighted by molar-refractivity contribution is 5.95. The van der Waals surface area contributed by atoms with Gasteiger partial charge < -0.3 is 10.0 Å². The number of benzene rings is 1. The fourth-order valence-electron chi connectivity index (χ4n) is 2.03. The van der Waals surface area contributed by atoms with E-state index in [9.17, 15) is 9.59 Å². The standard InChI is InChI=1S/C12H13NO3/c1-8(14)13-6-2-3-9-4-5-10(12(15)16)7-11(9)13/h4-5,7H,2-3,6H2,1H3,(H,15,16). The molecular weight excluding hydrogens is 206 g/mol. The largest absolute Gasteiger partial charge is 0.478 e. The maximum Gasteiger partial charge on any atom is 0.335 e. The summed E-state index contributed by atoms with van der Waals surface area (Å²) >= 11 is 0. The summed E-state index contributed by atoms with van der Waals surface area (Å²) in [6.07, 6.45) is 1.83. The second-order valence-electron chi connectivity index (χ2n) is 3.92. The molecule has 0 saturated carbocycles. The third-order valence-corrected chi connectivity index (χ3v) is 2.83. The second-order valence-corrected chi connectivity index (χ2v) is 3.92. The first-order valence-electron chi connectivity index (χ1n) is 5.24. The smallest absolute Gasteiger partial charge is 0.335 e. The number of carboxylic acids is 1. The molecule has 2 rings (SSSR count). The molecule has 1 aliphatic heterocycles. The molecule has 0 fully saturated rings. The minimum atomic E-state index is -0.961. The Balaban J connectivity index is 2.48. The fourth-order valence-corrected chi connectivity index (χ4v) is 2.03. The predicted molar refractivity (Wildman–Crippen MR) is 59.7 cm³/mol. The summed E-state index contributed by atoms with van der Waals surface area (Å²) in [6, 6.07) is 4.97. The molecule has 0 unspecified atom stereocenters. The quantitative estimate of drug-likeness (QED) is 0.781. The molecule has 1 amide bonds. The van der Waals surface area contributed by atoms with E-state index >= 15 is 0 Å². The monoisotopic (exact) mass is 219 g/mol. The van der Waals surface area contributed by atoms with Crippen LogP contribution in [0.25, 0.3) is 0 Å². The van der Waals surface area contributed by atoms with Crippen LogP contribution in [0, 0.1) is 0 Å². The van der Waals surface area contributed by atoms with Gasteiger partial charge in [-0.15, -0.1) is 0 Å². The number of carbonyl (C=O) groups is 2. The lowest BCUT2D eigenvalue weighted by molar-refractivity contribution is -0.116. The summed E-state index contributed by atoms with van der Waals surface area (Å²) in [4.78, 5) is 23.9. The molecule has 1 aromatic rings. The number of hydrogen-bond donors (Lipinski definition) is 1. The Bertz CT molecular complexity index is 454. The average molecular weight is 219 g/mol. The SMILES string of the molecule is CC(=O)N1CCCc2ccc(C(=O)O)cc21. The summed E-state index contributed by atoms with van der Waals surface area (Å²) in [5.41, 5.74) is 2.03. The van der Waals surface area contributed by atoms with Gasteiger partial charge in [0.05, 0.1) is 5.56 Å². The van der Waals surface area contributed by atoms with Gasteiger partial charge in [0.15, 0.2) is 0 Å². The van der Waals surface area contributed by atoms with Crippen LogP contribution in [-0.4, -0.2) is 23.5 Å². The molecule has 16 heavy (non-hydrogen) atoms. The van der Waals surface area contributed by atoms with E-state index in [4.69, 9.17) is 5.11 Å². The van der Waals surface area contributed by atoms with Crippen LogP contribution < -0.4 is 4.90 Å². The first-order chi connectivity index (χ1) is 7.59. The molecule has 0 atom stereocenters. The van der Waals surface area contributed by atoms with E-state index < -0.39 is 5.97 Å². The van der Waals surface area contributed by atoms with Gasteiger partial charge in [0, 0.05) is 19.2 Å². The van der Waals surface area contributed by atoms with E-state index in [0.717, 1.165) is 24.1 Å². The molecule has 1 aliphatic rings. The highest BCUT2D eigenvalue weighted by Crippen LogP contribution is 2.28. The summed E-state index contributed by atoms with van der Waals surface area (Å²) in [7, 11) is 0. The Kier molecular flexibility index (Phi) is 2.64. The Labute approximate surface area is 93.5 Å². The predicted octanol–water partition coefficient (Wildman–Crippen LogP) is 1.68. The zero-order chi connectivity index (χ0) is 11.7. The number of aromatic carboxylic acids is 1. The topological polar surface area (TPSA) is 57.6 Å². The Morgan fingerprint density at radius 1 is 1.38 bits per heavy atom. The van der Waals surface area contributed by atoms with E-state index in [1.807, 2.05) is 0 Å². The van der Waals surface area contributed by atoms with Crippen LogP contribution in [0.3, 0.4) is 0 Å². The second kappa shape index (κ2) is 3.96. The number of amides is 1. The van der Waals surface area contributed by atoms with Crippen LogP contribution in [0.15, 0.2) is 18.2 Å². The van der Waals surface area contributed by atoms with Gasteiger partial charge in [-0.1, -0.05) is 6.07 Å². The van der Waals surface area contributed by atoms with Gasteiger partial charge in [0.25, 0.3) is 0 Å². The van der Waals surface area contributed by atoms with E-state index in [-0.39, 0.29) is 11.5 Å². The lowest BCUT2D eigenvalue weighted by Gasteiger charge is -2.28. The summed E-state index contributed by atoms with van der Waals surface area (Å²) in [6.45, 7) is 2.17. The van der Waals surface area contributed by atoms with Gasteiger partial charge >= 0.3 is 5.97 Å². The van der Waals surface area contributed by atoms with Crippen LogP contribution in [0.1, 0.15) is 29.3 Å². The number of carboxylic acid groups (broad SMARTS) is 1. The molecular formula is C12H13NO3. The first kappa shape index (κ1) is 10.7. The maximum absolute atomic E-state index is 11.4. The molecule has 1 N–H and O–H groups in total. The van der Waals surface area contributed by atoms with Gasteiger partial charge in [-0.25, -0.2) is 4.79 Å². The molecule has 0 bridgehead atoms. The lowest BCUT2D eigenvalue weighted by atomic mass is 9.99. The van der Waals surface area contributed by atoms with E-state index in [2.05, 4.69) is 0 Å². The van der Waals surface area contributed by atoms with Crippen molar-refractivity contribution in [1.29, 1.82) is 0 Å². The van der Waals surface area contributed by atoms with Crippen molar-refractivity contribution in [1.82, 2.24) is 0 Å².